The summed E-state index contributed by atoms with van der Waals surface area (Å²) in [7, 11) is 1.99. The molecule has 1 fully saturated rings. The number of oxime groups is 1. The average Bonchev–Trinajstić information content (AvgIpc) is 3.06. The Morgan fingerprint density at radius 1 is 1.03 bits per heavy atom. The van der Waals surface area contributed by atoms with Crippen molar-refractivity contribution in [1.29, 1.82) is 0 Å². The van der Waals surface area contributed by atoms with Gasteiger partial charge in [-0.05, 0) is 55.2 Å². The van der Waals surface area contributed by atoms with Crippen LogP contribution in [0.3, 0.4) is 0 Å². The third kappa shape index (κ3) is 5.84. The maximum atomic E-state index is 13.1. The summed E-state index contributed by atoms with van der Waals surface area (Å²) in [4.78, 5) is 20.0. The van der Waals surface area contributed by atoms with Crippen molar-refractivity contribution >= 4 is 23.3 Å². The highest BCUT2D eigenvalue weighted by Gasteiger charge is 2.23. The quantitative estimate of drug-likeness (QED) is 0.426. The molecule has 0 amide bonds. The molecule has 1 N–H and O–H groups in total. The molecule has 0 saturated carbocycles. The second-order valence-electron chi connectivity index (χ2n) is 7.62. The molecule has 168 valence electrons. The lowest BCUT2D eigenvalue weighted by Gasteiger charge is -2.36. The van der Waals surface area contributed by atoms with Crippen molar-refractivity contribution in [2.24, 2.45) is 12.2 Å². The van der Waals surface area contributed by atoms with Crippen LogP contribution in [-0.4, -0.2) is 70.5 Å². The first-order valence-corrected chi connectivity index (χ1v) is 11.1. The number of hydrogen-bond donors (Lipinski definition) is 1. The number of fused-ring (bicyclic) bond motifs is 1. The Kier molecular flexibility index (Phi) is 8.44. The van der Waals surface area contributed by atoms with E-state index >= 15 is 0 Å². The van der Waals surface area contributed by atoms with Gasteiger partial charge in [0.25, 0.3) is 0 Å². The zero-order chi connectivity index (χ0) is 22.2. The molecule has 10 heteroatoms. The highest BCUT2D eigenvalue weighted by Crippen LogP contribution is 2.31. The Bertz CT molecular complexity index is 868. The van der Waals surface area contributed by atoms with Crippen molar-refractivity contribution in [3.8, 4) is 0 Å². The van der Waals surface area contributed by atoms with Gasteiger partial charge in [-0.3, -0.25) is 4.90 Å². The van der Waals surface area contributed by atoms with Crippen LogP contribution in [-0.2, 0) is 7.05 Å². The van der Waals surface area contributed by atoms with E-state index in [1.165, 1.54) is 12.1 Å². The number of aryl methyl sites for hydroxylation is 1. The molecule has 2 aliphatic rings. The number of piperazine rings is 1. The number of hydrogen-bond acceptors (Lipinski definition) is 8. The number of halogens is 1. The van der Waals surface area contributed by atoms with Gasteiger partial charge in [0, 0.05) is 74.6 Å². The average molecular weight is 450 g/mol. The summed E-state index contributed by atoms with van der Waals surface area (Å²) in [6.07, 6.45) is 3.88. The molecule has 2 aromatic rings. The standard InChI is InChI=1S/C21H28FN5OS.O2/c1-24-11-8-20-21(24)19(23-28)7-12-27(29-20)10-2-9-25-13-15-26(16-14-25)18-5-3-17(22)4-6-18;1-2/h3-6,8,11,28H,2,7,9-10,12-16H2,1H3;/b23-19+;. The van der Waals surface area contributed by atoms with E-state index in [0.717, 1.165) is 80.6 Å². The zero-order valence-electron chi connectivity index (χ0n) is 17.6. The van der Waals surface area contributed by atoms with E-state index in [4.69, 9.17) is 9.93 Å². The molecule has 0 unspecified atom stereocenters. The fourth-order valence-corrected chi connectivity index (χ4v) is 5.22. The van der Waals surface area contributed by atoms with Crippen LogP contribution in [0.5, 0.6) is 0 Å². The molecular weight excluding hydrogens is 421 g/mol. The molecule has 0 radical (unpaired) electrons. The van der Waals surface area contributed by atoms with E-state index in [9.17, 15) is 9.60 Å². The number of rotatable bonds is 5. The van der Waals surface area contributed by atoms with E-state index in [1.807, 2.05) is 29.9 Å². The molecule has 0 aliphatic carbocycles. The Morgan fingerprint density at radius 2 is 1.74 bits per heavy atom. The van der Waals surface area contributed by atoms with Crippen LogP contribution >= 0.6 is 11.9 Å². The monoisotopic (exact) mass is 449 g/mol. The van der Waals surface area contributed by atoms with Crippen LogP contribution in [0.4, 0.5) is 10.1 Å². The van der Waals surface area contributed by atoms with Gasteiger partial charge in [0.2, 0.25) is 0 Å². The molecule has 0 spiro atoms. The van der Waals surface area contributed by atoms with Gasteiger partial charge >= 0.3 is 0 Å². The highest BCUT2D eigenvalue weighted by molar-refractivity contribution is 7.97. The molecule has 4 rings (SSSR count). The Hall–Kier alpha value is -2.43. The molecule has 8 nitrogen and oxygen atoms in total. The third-order valence-corrected chi connectivity index (χ3v) is 6.85. The van der Waals surface area contributed by atoms with Gasteiger partial charge in [-0.25, -0.2) is 8.70 Å². The summed E-state index contributed by atoms with van der Waals surface area (Å²) in [6, 6.07) is 8.89. The second kappa shape index (κ2) is 11.3. The maximum absolute atomic E-state index is 13.1. The number of aromatic nitrogens is 1. The van der Waals surface area contributed by atoms with E-state index in [1.54, 1.807) is 11.9 Å². The smallest absolute Gasteiger partial charge is 0.123 e. The summed E-state index contributed by atoms with van der Waals surface area (Å²) in [5.41, 5.74) is 2.89. The first kappa shape index (κ1) is 23.2. The molecule has 1 saturated heterocycles. The van der Waals surface area contributed by atoms with E-state index < -0.39 is 0 Å². The van der Waals surface area contributed by atoms with Crippen LogP contribution in [0.15, 0.2) is 46.6 Å². The Balaban J connectivity index is 0.00000132. The van der Waals surface area contributed by atoms with Gasteiger partial charge in [-0.1, -0.05) is 5.16 Å². The summed E-state index contributed by atoms with van der Waals surface area (Å²) in [5.74, 6) is -0.182. The topological polar surface area (TPSA) is 81.4 Å². The van der Waals surface area contributed by atoms with Crippen molar-refractivity contribution in [3.05, 3.63) is 58.0 Å². The lowest BCUT2D eigenvalue weighted by molar-refractivity contribution is 0.248. The summed E-state index contributed by atoms with van der Waals surface area (Å²) in [6.45, 7) is 7.01. The highest BCUT2D eigenvalue weighted by atomic mass is 32.2. The van der Waals surface area contributed by atoms with Crippen LogP contribution in [0.1, 0.15) is 18.5 Å². The molecule has 1 aromatic carbocycles. The van der Waals surface area contributed by atoms with Crippen molar-refractivity contribution in [1.82, 2.24) is 13.8 Å². The predicted molar refractivity (Wildman–Crippen MR) is 122 cm³/mol. The molecule has 2 aliphatic heterocycles. The lowest BCUT2D eigenvalue weighted by Crippen LogP contribution is -2.47. The normalized spacial score (nSPS) is 18.9. The van der Waals surface area contributed by atoms with E-state index in [2.05, 4.69) is 25.3 Å². The van der Waals surface area contributed by atoms with Crippen molar-refractivity contribution in [3.63, 3.8) is 0 Å². The Labute approximate surface area is 185 Å². The van der Waals surface area contributed by atoms with Gasteiger partial charge in [-0.2, -0.15) is 0 Å². The summed E-state index contributed by atoms with van der Waals surface area (Å²) < 4.78 is 17.5. The van der Waals surface area contributed by atoms with Gasteiger partial charge in [-0.15, -0.1) is 0 Å². The minimum Gasteiger partial charge on any atom is -0.411 e. The molecule has 3 heterocycles. The lowest BCUT2D eigenvalue weighted by atomic mass is 10.2. The number of nitrogens with zero attached hydrogens (tertiary/aromatic N) is 5. The van der Waals surface area contributed by atoms with E-state index in [0.29, 0.717) is 0 Å². The minimum atomic E-state index is -0.182. The Morgan fingerprint density at radius 3 is 2.42 bits per heavy atom. The second-order valence-corrected chi connectivity index (χ2v) is 8.75. The fraction of sp³-hybridized carbons (Fsp3) is 0.476. The first-order valence-electron chi connectivity index (χ1n) is 10.3. The van der Waals surface area contributed by atoms with Crippen LogP contribution < -0.4 is 4.90 Å². The molecule has 0 atom stereocenters. The molecule has 0 bridgehead atoms. The summed E-state index contributed by atoms with van der Waals surface area (Å²) in [5, 5.41) is 12.9. The van der Waals surface area contributed by atoms with Crippen LogP contribution in [0.2, 0.25) is 0 Å². The van der Waals surface area contributed by atoms with Crippen molar-refractivity contribution in [2.45, 2.75) is 17.7 Å². The number of benzene rings is 1. The first-order chi connectivity index (χ1) is 15.1. The van der Waals surface area contributed by atoms with Gasteiger partial charge in [0.1, 0.15) is 11.5 Å². The van der Waals surface area contributed by atoms with Gasteiger partial charge in [0.15, 0.2) is 0 Å². The fourth-order valence-electron chi connectivity index (χ4n) is 4.07. The maximum Gasteiger partial charge on any atom is 0.123 e. The third-order valence-electron chi connectivity index (χ3n) is 5.70. The SMILES string of the molecule is Cn1ccc2c1/C(=N/O)CCN(CCCN1CCN(c3ccc(F)cc3)CC1)S2.O=O. The molecular formula is C21H28FN5O3S. The van der Waals surface area contributed by atoms with E-state index in [-0.39, 0.29) is 5.82 Å². The van der Waals surface area contributed by atoms with Crippen LogP contribution in [0, 0.1) is 15.7 Å². The van der Waals surface area contributed by atoms with Gasteiger partial charge in [0.05, 0.1) is 10.6 Å². The zero-order valence-corrected chi connectivity index (χ0v) is 18.4. The molecule has 31 heavy (non-hydrogen) atoms. The summed E-state index contributed by atoms with van der Waals surface area (Å²) >= 11 is 1.77. The number of anilines is 1. The molecule has 1 aromatic heterocycles. The minimum absolute atomic E-state index is 0.182. The van der Waals surface area contributed by atoms with Crippen molar-refractivity contribution in [2.75, 3.05) is 50.7 Å². The predicted octanol–water partition coefficient (Wildman–Crippen LogP) is 3.33. The van der Waals surface area contributed by atoms with Crippen LogP contribution in [0.25, 0.3) is 0 Å². The van der Waals surface area contributed by atoms with Crippen molar-refractivity contribution < 1.29 is 9.60 Å². The van der Waals surface area contributed by atoms with Gasteiger partial charge < -0.3 is 14.7 Å². The largest absolute Gasteiger partial charge is 0.411 e.